The van der Waals surface area contributed by atoms with Crippen molar-refractivity contribution >= 4 is 28.5 Å². The Hall–Kier alpha value is -1.72. The minimum absolute atomic E-state index is 0.0353. The Labute approximate surface area is 126 Å². The SMILES string of the molecule is CCOC1=CC(OCC)Sc2c1oc1ccccc1c2=O. The molecule has 1 aromatic heterocycles. The van der Waals surface area contributed by atoms with Crippen LogP contribution in [0.5, 0.6) is 0 Å². The van der Waals surface area contributed by atoms with Gasteiger partial charge in [0.15, 0.2) is 11.5 Å². The van der Waals surface area contributed by atoms with E-state index in [4.69, 9.17) is 13.9 Å². The van der Waals surface area contributed by atoms with E-state index in [1.54, 1.807) is 12.1 Å². The quantitative estimate of drug-likeness (QED) is 0.863. The van der Waals surface area contributed by atoms with Crippen molar-refractivity contribution in [3.8, 4) is 0 Å². The highest BCUT2D eigenvalue weighted by Crippen LogP contribution is 2.38. The molecule has 0 N–H and O–H groups in total. The molecule has 1 aromatic carbocycles. The Morgan fingerprint density at radius 3 is 2.81 bits per heavy atom. The molecule has 2 aromatic rings. The molecule has 1 unspecified atom stereocenters. The van der Waals surface area contributed by atoms with Crippen LogP contribution in [0.2, 0.25) is 0 Å². The van der Waals surface area contributed by atoms with Gasteiger partial charge in [0.05, 0.1) is 12.0 Å². The normalized spacial score (nSPS) is 17.4. The molecule has 3 rings (SSSR count). The van der Waals surface area contributed by atoms with Gasteiger partial charge in [-0.15, -0.1) is 0 Å². The lowest BCUT2D eigenvalue weighted by Crippen LogP contribution is -2.18. The molecule has 1 atom stereocenters. The fourth-order valence-electron chi connectivity index (χ4n) is 2.26. The van der Waals surface area contributed by atoms with E-state index in [2.05, 4.69) is 0 Å². The Balaban J connectivity index is 2.20. The van der Waals surface area contributed by atoms with Crippen LogP contribution in [-0.4, -0.2) is 18.6 Å². The number of para-hydroxylation sites is 1. The summed E-state index contributed by atoms with van der Waals surface area (Å²) in [5.74, 6) is 1.08. The smallest absolute Gasteiger partial charge is 0.207 e. The molecule has 0 saturated carbocycles. The summed E-state index contributed by atoms with van der Waals surface area (Å²) in [5.41, 5.74) is 0.308. The number of rotatable bonds is 4. The molecule has 0 aliphatic carbocycles. The first kappa shape index (κ1) is 14.2. The lowest BCUT2D eigenvalue weighted by molar-refractivity contribution is 0.151. The van der Waals surface area contributed by atoms with Crippen molar-refractivity contribution in [3.05, 3.63) is 46.3 Å². The highest BCUT2D eigenvalue weighted by molar-refractivity contribution is 8.00. The van der Waals surface area contributed by atoms with Gasteiger partial charge in [0, 0.05) is 12.7 Å². The molecule has 0 bridgehead atoms. The van der Waals surface area contributed by atoms with Gasteiger partial charge < -0.3 is 13.9 Å². The molecule has 0 amide bonds. The molecule has 2 heterocycles. The second-order valence-corrected chi connectivity index (χ2v) is 5.60. The monoisotopic (exact) mass is 304 g/mol. The largest absolute Gasteiger partial charge is 0.490 e. The highest BCUT2D eigenvalue weighted by atomic mass is 32.2. The zero-order chi connectivity index (χ0) is 14.8. The minimum Gasteiger partial charge on any atom is -0.490 e. The summed E-state index contributed by atoms with van der Waals surface area (Å²) in [5, 5.41) is 0.580. The van der Waals surface area contributed by atoms with Crippen LogP contribution >= 0.6 is 11.8 Å². The first-order chi connectivity index (χ1) is 10.2. The van der Waals surface area contributed by atoms with Crippen LogP contribution in [0.25, 0.3) is 16.7 Å². The van der Waals surface area contributed by atoms with Gasteiger partial charge in [-0.25, -0.2) is 0 Å². The predicted molar refractivity (Wildman–Crippen MR) is 83.4 cm³/mol. The maximum absolute atomic E-state index is 12.7. The molecule has 0 fully saturated rings. The van der Waals surface area contributed by atoms with Crippen molar-refractivity contribution in [2.24, 2.45) is 0 Å². The van der Waals surface area contributed by atoms with E-state index in [1.807, 2.05) is 32.1 Å². The van der Waals surface area contributed by atoms with Gasteiger partial charge in [-0.2, -0.15) is 0 Å². The van der Waals surface area contributed by atoms with Gasteiger partial charge >= 0.3 is 0 Å². The fourth-order valence-corrected chi connectivity index (χ4v) is 3.35. The molecule has 0 radical (unpaired) electrons. The van der Waals surface area contributed by atoms with Crippen LogP contribution in [0.1, 0.15) is 19.6 Å². The van der Waals surface area contributed by atoms with Gasteiger partial charge in [-0.05, 0) is 26.0 Å². The Bertz CT molecular complexity index is 748. The Morgan fingerprint density at radius 1 is 1.24 bits per heavy atom. The van der Waals surface area contributed by atoms with Crippen molar-refractivity contribution in [3.63, 3.8) is 0 Å². The number of fused-ring (bicyclic) bond motifs is 2. The van der Waals surface area contributed by atoms with E-state index in [9.17, 15) is 4.79 Å². The number of hydrogen-bond donors (Lipinski definition) is 0. The minimum atomic E-state index is -0.229. The third kappa shape index (κ3) is 2.59. The molecular formula is C16H16O4S. The van der Waals surface area contributed by atoms with Crippen LogP contribution in [0, 0.1) is 0 Å². The second kappa shape index (κ2) is 5.95. The number of hydrogen-bond acceptors (Lipinski definition) is 5. The van der Waals surface area contributed by atoms with Gasteiger partial charge in [0.1, 0.15) is 15.9 Å². The van der Waals surface area contributed by atoms with Crippen molar-refractivity contribution < 1.29 is 13.9 Å². The highest BCUT2D eigenvalue weighted by Gasteiger charge is 2.27. The van der Waals surface area contributed by atoms with E-state index in [0.29, 0.717) is 40.6 Å². The summed E-state index contributed by atoms with van der Waals surface area (Å²) in [6, 6.07) is 7.25. The van der Waals surface area contributed by atoms with Gasteiger partial charge in [-0.1, -0.05) is 23.9 Å². The van der Waals surface area contributed by atoms with Gasteiger partial charge in [-0.3, -0.25) is 4.79 Å². The van der Waals surface area contributed by atoms with Gasteiger partial charge in [0.2, 0.25) is 5.43 Å². The molecule has 1 aliphatic rings. The van der Waals surface area contributed by atoms with E-state index >= 15 is 0 Å². The van der Waals surface area contributed by atoms with Crippen molar-refractivity contribution in [2.45, 2.75) is 24.2 Å². The standard InChI is InChI=1S/C16H16O4S/c1-3-18-12-9-13(19-4-2)21-16-14(17)10-7-5-6-8-11(10)20-15(12)16/h5-9,13H,3-4H2,1-2H3. The van der Waals surface area contributed by atoms with E-state index in [0.717, 1.165) is 0 Å². The van der Waals surface area contributed by atoms with Crippen molar-refractivity contribution in [1.29, 1.82) is 0 Å². The maximum atomic E-state index is 12.7. The number of thioether (sulfide) groups is 1. The predicted octanol–water partition coefficient (Wildman–Crippen LogP) is 3.64. The van der Waals surface area contributed by atoms with Gasteiger partial charge in [0.25, 0.3) is 0 Å². The third-order valence-electron chi connectivity index (χ3n) is 3.13. The average molecular weight is 304 g/mol. The summed E-state index contributed by atoms with van der Waals surface area (Å²) < 4.78 is 17.1. The molecule has 0 spiro atoms. The lowest BCUT2D eigenvalue weighted by atomic mass is 10.2. The first-order valence-electron chi connectivity index (χ1n) is 6.93. The second-order valence-electron chi connectivity index (χ2n) is 4.49. The summed E-state index contributed by atoms with van der Waals surface area (Å²) in [7, 11) is 0. The van der Waals surface area contributed by atoms with E-state index in [1.165, 1.54) is 11.8 Å². The first-order valence-corrected chi connectivity index (χ1v) is 7.81. The zero-order valence-electron chi connectivity index (χ0n) is 11.9. The van der Waals surface area contributed by atoms with Crippen molar-refractivity contribution in [1.82, 2.24) is 0 Å². The van der Waals surface area contributed by atoms with Crippen LogP contribution in [0.15, 0.2) is 44.4 Å². The van der Waals surface area contributed by atoms with E-state index < -0.39 is 0 Å². The van der Waals surface area contributed by atoms with Crippen LogP contribution in [0.3, 0.4) is 0 Å². The maximum Gasteiger partial charge on any atom is 0.207 e. The van der Waals surface area contributed by atoms with Crippen LogP contribution in [0.4, 0.5) is 0 Å². The lowest BCUT2D eigenvalue weighted by Gasteiger charge is -2.22. The number of ether oxygens (including phenoxy) is 2. The topological polar surface area (TPSA) is 48.7 Å². The molecule has 1 aliphatic heterocycles. The van der Waals surface area contributed by atoms with E-state index in [-0.39, 0.29) is 10.9 Å². The summed E-state index contributed by atoms with van der Waals surface area (Å²) >= 11 is 1.37. The Kier molecular flexibility index (Phi) is 4.03. The van der Waals surface area contributed by atoms with Crippen molar-refractivity contribution in [2.75, 3.05) is 13.2 Å². The Morgan fingerprint density at radius 2 is 2.05 bits per heavy atom. The van der Waals surface area contributed by atoms with Crippen LogP contribution in [-0.2, 0) is 9.47 Å². The third-order valence-corrected chi connectivity index (χ3v) is 4.24. The van der Waals surface area contributed by atoms with Crippen LogP contribution < -0.4 is 5.43 Å². The summed E-state index contributed by atoms with van der Waals surface area (Å²) in [6.45, 7) is 4.90. The molecule has 21 heavy (non-hydrogen) atoms. The molecule has 0 saturated heterocycles. The number of benzene rings is 1. The molecule has 4 nitrogen and oxygen atoms in total. The molecule has 110 valence electrons. The zero-order valence-corrected chi connectivity index (χ0v) is 12.7. The average Bonchev–Trinajstić information content (AvgIpc) is 2.49. The summed E-state index contributed by atoms with van der Waals surface area (Å²) in [4.78, 5) is 13.2. The molecular weight excluding hydrogens is 288 g/mol. The summed E-state index contributed by atoms with van der Waals surface area (Å²) in [6.07, 6.45) is 1.86. The molecule has 5 heteroatoms. The fraction of sp³-hybridized carbons (Fsp3) is 0.312.